The van der Waals surface area contributed by atoms with Gasteiger partial charge < -0.3 is 30.3 Å². The van der Waals surface area contributed by atoms with Crippen LogP contribution in [0, 0.1) is 17.8 Å². The van der Waals surface area contributed by atoms with Crippen LogP contribution in [-0.4, -0.2) is 39.6 Å². The number of urea groups is 1. The SMILES string of the molecule is O=C(NCc1ccc([C@H]2O[C@@H](CSc3ccccc3C(=O)O)C[C@@H](c3ccc(CO)cc3)O2)cc1)NC12CC3CC(CC(C3)C1)C2. The summed E-state index contributed by atoms with van der Waals surface area (Å²) < 4.78 is 12.9. The summed E-state index contributed by atoms with van der Waals surface area (Å²) in [7, 11) is 0. The lowest BCUT2D eigenvalue weighted by Gasteiger charge is -2.56. The number of hydrogen-bond donors (Lipinski definition) is 4. The maximum absolute atomic E-state index is 13.0. The molecule has 46 heavy (non-hydrogen) atoms. The van der Waals surface area contributed by atoms with E-state index in [2.05, 4.69) is 10.6 Å². The molecular formula is C37H42N2O6S. The molecule has 0 unspecified atom stereocenters. The largest absolute Gasteiger partial charge is 0.478 e. The molecule has 3 aromatic carbocycles. The number of thioether (sulfide) groups is 1. The van der Waals surface area contributed by atoms with Gasteiger partial charge in [0.05, 0.1) is 24.4 Å². The van der Waals surface area contributed by atoms with Crippen LogP contribution in [0.15, 0.2) is 77.7 Å². The topological polar surface area (TPSA) is 117 Å². The summed E-state index contributed by atoms with van der Waals surface area (Å²) in [6, 6.07) is 22.7. The lowest BCUT2D eigenvalue weighted by atomic mass is 9.53. The lowest BCUT2D eigenvalue weighted by Crippen LogP contribution is -2.61. The van der Waals surface area contributed by atoms with Gasteiger partial charge in [-0.15, -0.1) is 11.8 Å². The number of benzene rings is 3. The molecule has 1 heterocycles. The van der Waals surface area contributed by atoms with Crippen molar-refractivity contribution in [3.05, 3.63) is 101 Å². The zero-order chi connectivity index (χ0) is 31.7. The van der Waals surface area contributed by atoms with E-state index < -0.39 is 12.3 Å². The number of carbonyl (C=O) groups is 2. The fourth-order valence-corrected chi connectivity index (χ4v) is 9.56. The maximum Gasteiger partial charge on any atom is 0.336 e. The minimum Gasteiger partial charge on any atom is -0.478 e. The average molecular weight is 643 g/mol. The molecule has 3 atom stereocenters. The molecule has 5 aliphatic rings. The molecule has 4 aliphatic carbocycles. The Morgan fingerprint density at radius 2 is 1.43 bits per heavy atom. The Labute approximate surface area is 274 Å². The number of aliphatic hydroxyl groups excluding tert-OH is 1. The summed E-state index contributed by atoms with van der Waals surface area (Å²) in [5.41, 5.74) is 3.96. The quantitative estimate of drug-likeness (QED) is 0.176. The van der Waals surface area contributed by atoms with Crippen LogP contribution in [-0.2, 0) is 22.6 Å². The average Bonchev–Trinajstić information content (AvgIpc) is 3.06. The highest BCUT2D eigenvalue weighted by molar-refractivity contribution is 7.99. The molecule has 242 valence electrons. The van der Waals surface area contributed by atoms with Gasteiger partial charge in [-0.05, 0) is 85.1 Å². The molecule has 1 aliphatic heterocycles. The smallest absolute Gasteiger partial charge is 0.336 e. The lowest BCUT2D eigenvalue weighted by molar-refractivity contribution is -0.245. The second-order valence-electron chi connectivity index (χ2n) is 13.7. The third-order valence-corrected chi connectivity index (χ3v) is 11.5. The van der Waals surface area contributed by atoms with Crippen molar-refractivity contribution < 1.29 is 29.3 Å². The minimum atomic E-state index is -0.949. The summed E-state index contributed by atoms with van der Waals surface area (Å²) >= 11 is 1.47. The van der Waals surface area contributed by atoms with E-state index >= 15 is 0 Å². The van der Waals surface area contributed by atoms with E-state index in [1.165, 1.54) is 31.0 Å². The fraction of sp³-hybridized carbons (Fsp3) is 0.459. The molecule has 0 radical (unpaired) electrons. The molecule has 4 bridgehead atoms. The highest BCUT2D eigenvalue weighted by Crippen LogP contribution is 2.55. The Bertz CT molecular complexity index is 1510. The van der Waals surface area contributed by atoms with Crippen molar-refractivity contribution in [1.82, 2.24) is 10.6 Å². The first-order chi connectivity index (χ1) is 22.3. The Balaban J connectivity index is 0.999. The molecule has 4 N–H and O–H groups in total. The second kappa shape index (κ2) is 13.4. The first-order valence-corrected chi connectivity index (χ1v) is 17.4. The Morgan fingerprint density at radius 3 is 2.09 bits per heavy atom. The van der Waals surface area contributed by atoms with Gasteiger partial charge in [0.2, 0.25) is 0 Å². The van der Waals surface area contributed by atoms with E-state index in [0.717, 1.165) is 59.3 Å². The van der Waals surface area contributed by atoms with Crippen LogP contribution in [0.2, 0.25) is 0 Å². The maximum atomic E-state index is 13.0. The number of rotatable bonds is 10. The number of aliphatic hydroxyl groups is 1. The second-order valence-corrected chi connectivity index (χ2v) is 14.8. The van der Waals surface area contributed by atoms with Gasteiger partial charge in [-0.2, -0.15) is 0 Å². The Morgan fingerprint density at radius 1 is 0.804 bits per heavy atom. The van der Waals surface area contributed by atoms with Crippen LogP contribution >= 0.6 is 11.8 Å². The molecule has 1 saturated heterocycles. The summed E-state index contributed by atoms with van der Waals surface area (Å²) in [5, 5.41) is 25.6. The van der Waals surface area contributed by atoms with Gasteiger partial charge in [-0.3, -0.25) is 0 Å². The number of carbonyl (C=O) groups excluding carboxylic acids is 1. The van der Waals surface area contributed by atoms with E-state index in [1.807, 2.05) is 60.7 Å². The van der Waals surface area contributed by atoms with Crippen LogP contribution in [0.4, 0.5) is 4.79 Å². The first-order valence-electron chi connectivity index (χ1n) is 16.5. The van der Waals surface area contributed by atoms with Crippen molar-refractivity contribution in [2.45, 2.75) is 87.0 Å². The molecule has 0 spiro atoms. The zero-order valence-electron chi connectivity index (χ0n) is 25.9. The third kappa shape index (κ3) is 6.98. The normalized spacial score (nSPS) is 29.8. The number of nitrogens with one attached hydrogen (secondary N) is 2. The summed E-state index contributed by atoms with van der Waals surface area (Å²) in [4.78, 5) is 25.4. The number of aromatic carboxylic acids is 1. The molecule has 4 saturated carbocycles. The predicted octanol–water partition coefficient (Wildman–Crippen LogP) is 6.98. The molecule has 5 fully saturated rings. The van der Waals surface area contributed by atoms with Gasteiger partial charge in [0.15, 0.2) is 6.29 Å². The summed E-state index contributed by atoms with van der Waals surface area (Å²) in [6.07, 6.45) is 6.98. The van der Waals surface area contributed by atoms with Gasteiger partial charge in [-0.25, -0.2) is 9.59 Å². The van der Waals surface area contributed by atoms with Crippen molar-refractivity contribution in [2.24, 2.45) is 17.8 Å². The van der Waals surface area contributed by atoms with Crippen LogP contribution in [0.3, 0.4) is 0 Å². The first kappa shape index (κ1) is 31.2. The van der Waals surface area contributed by atoms with E-state index in [9.17, 15) is 19.8 Å². The number of hydrogen-bond acceptors (Lipinski definition) is 6. The van der Waals surface area contributed by atoms with E-state index in [4.69, 9.17) is 9.47 Å². The standard InChI is InChI=1S/C37H42N2O6S/c40-21-24-7-9-28(10-8-24)32-16-30(22-46-33-4-2-1-3-31(33)34(41)42)44-35(45-32)29-11-5-23(6-12-29)20-38-36(43)39-37-17-25-13-26(18-37)15-27(14-25)19-37/h1-12,25-27,30,32,35,40H,13-22H2,(H,41,42)(H2,38,39,43)/t25?,26?,27?,30-,32+,35+,37?/m1/s1. The van der Waals surface area contributed by atoms with Crippen molar-refractivity contribution in [3.8, 4) is 0 Å². The molecule has 0 aromatic heterocycles. The monoisotopic (exact) mass is 642 g/mol. The molecule has 3 aromatic rings. The fourth-order valence-electron chi connectivity index (χ4n) is 8.50. The van der Waals surface area contributed by atoms with Crippen molar-refractivity contribution in [3.63, 3.8) is 0 Å². The molecule has 8 nitrogen and oxygen atoms in total. The predicted molar refractivity (Wildman–Crippen MR) is 175 cm³/mol. The summed E-state index contributed by atoms with van der Waals surface area (Å²) in [5.74, 6) is 1.95. The Kier molecular flexibility index (Phi) is 9.10. The van der Waals surface area contributed by atoms with Crippen molar-refractivity contribution in [2.75, 3.05) is 5.75 Å². The number of carboxylic acid groups (broad SMARTS) is 1. The van der Waals surface area contributed by atoms with Crippen molar-refractivity contribution >= 4 is 23.8 Å². The molecule has 9 heteroatoms. The molecule has 2 amide bonds. The van der Waals surface area contributed by atoms with Crippen LogP contribution < -0.4 is 10.6 Å². The minimum absolute atomic E-state index is 0.0160. The zero-order valence-corrected chi connectivity index (χ0v) is 26.7. The Hall–Kier alpha value is -3.37. The van der Waals surface area contributed by atoms with E-state index in [0.29, 0.717) is 23.6 Å². The van der Waals surface area contributed by atoms with Gasteiger partial charge in [0.25, 0.3) is 0 Å². The highest BCUT2D eigenvalue weighted by Gasteiger charge is 2.51. The molecule has 8 rings (SSSR count). The van der Waals surface area contributed by atoms with Crippen molar-refractivity contribution in [1.29, 1.82) is 0 Å². The van der Waals surface area contributed by atoms with E-state index in [-0.39, 0.29) is 35.9 Å². The van der Waals surface area contributed by atoms with Crippen LogP contribution in [0.1, 0.15) is 90.0 Å². The summed E-state index contributed by atoms with van der Waals surface area (Å²) in [6.45, 7) is 0.415. The van der Waals surface area contributed by atoms with Crippen LogP contribution in [0.5, 0.6) is 0 Å². The number of amides is 2. The van der Waals surface area contributed by atoms with Crippen LogP contribution in [0.25, 0.3) is 0 Å². The van der Waals surface area contributed by atoms with E-state index in [1.54, 1.807) is 12.1 Å². The van der Waals surface area contributed by atoms with Gasteiger partial charge in [0, 0.05) is 34.7 Å². The molecular weight excluding hydrogens is 600 g/mol. The van der Waals surface area contributed by atoms with Gasteiger partial charge in [0.1, 0.15) is 0 Å². The van der Waals surface area contributed by atoms with Gasteiger partial charge in [-0.1, -0.05) is 60.7 Å². The third-order valence-electron chi connectivity index (χ3n) is 10.3. The van der Waals surface area contributed by atoms with Gasteiger partial charge >= 0.3 is 12.0 Å². The number of ether oxygens (including phenoxy) is 2. The highest BCUT2D eigenvalue weighted by atomic mass is 32.2. The number of carboxylic acids is 1.